The Labute approximate surface area is 182 Å². The molecule has 5 rings (SSSR count). The minimum atomic E-state index is -1.06. The summed E-state index contributed by atoms with van der Waals surface area (Å²) in [6.45, 7) is 0.267. The Morgan fingerprint density at radius 1 is 1.00 bits per heavy atom. The molecule has 7 heteroatoms. The molecule has 160 valence electrons. The average molecular weight is 430 g/mol. The lowest BCUT2D eigenvalue weighted by Gasteiger charge is -2.18. The van der Waals surface area contributed by atoms with Gasteiger partial charge in [0, 0.05) is 36.8 Å². The number of rotatable bonds is 4. The Kier molecular flexibility index (Phi) is 4.74. The molecule has 2 heterocycles. The Morgan fingerprint density at radius 3 is 2.56 bits per heavy atom. The molecule has 0 aliphatic rings. The van der Waals surface area contributed by atoms with E-state index >= 15 is 0 Å². The van der Waals surface area contributed by atoms with Crippen LogP contribution in [-0.4, -0.2) is 28.6 Å². The molecule has 0 fully saturated rings. The minimum absolute atomic E-state index is 0.132. The number of anilines is 1. The standard InChI is InChI=1S/C25H20F2N4O/c1-30(2)20-9-5-3-7-17(20)25-28-19-8-4-6-10-21(19)31(25)14-15-13-22(32)29-24-16(15)11-12-18(26)23(24)27/h3-13H,14H2,1-2H3,(H,29,32). The first-order valence-corrected chi connectivity index (χ1v) is 10.2. The normalized spacial score (nSPS) is 11.4. The average Bonchev–Trinajstić information content (AvgIpc) is 3.15. The van der Waals surface area contributed by atoms with Gasteiger partial charge in [-0.1, -0.05) is 24.3 Å². The molecule has 0 atom stereocenters. The first kappa shape index (κ1) is 19.9. The Balaban J connectivity index is 1.78. The third-order valence-electron chi connectivity index (χ3n) is 5.60. The van der Waals surface area contributed by atoms with Gasteiger partial charge in [-0.15, -0.1) is 0 Å². The lowest BCUT2D eigenvalue weighted by atomic mass is 10.1. The van der Waals surface area contributed by atoms with Gasteiger partial charge >= 0.3 is 0 Å². The second kappa shape index (κ2) is 7.60. The number of nitrogens with one attached hydrogen (secondary N) is 1. The predicted molar refractivity (Wildman–Crippen MR) is 123 cm³/mol. The van der Waals surface area contributed by atoms with Gasteiger partial charge in [-0.2, -0.15) is 0 Å². The molecule has 2 aromatic heterocycles. The van der Waals surface area contributed by atoms with Crippen LogP contribution >= 0.6 is 0 Å². The maximum absolute atomic E-state index is 14.4. The van der Waals surface area contributed by atoms with Crippen LogP contribution < -0.4 is 10.5 Å². The zero-order valence-corrected chi connectivity index (χ0v) is 17.6. The number of para-hydroxylation sites is 3. The number of aromatic amines is 1. The fourth-order valence-corrected chi connectivity index (χ4v) is 4.13. The Hall–Kier alpha value is -4.00. The van der Waals surface area contributed by atoms with Gasteiger partial charge in [-0.05, 0) is 42.0 Å². The van der Waals surface area contributed by atoms with Crippen molar-refractivity contribution in [1.29, 1.82) is 0 Å². The van der Waals surface area contributed by atoms with Crippen molar-refractivity contribution < 1.29 is 8.78 Å². The molecule has 0 saturated carbocycles. The quantitative estimate of drug-likeness (QED) is 0.440. The van der Waals surface area contributed by atoms with Gasteiger partial charge in [0.2, 0.25) is 5.56 Å². The number of hydrogen-bond donors (Lipinski definition) is 1. The largest absolute Gasteiger partial charge is 0.377 e. The number of imidazole rings is 1. The van der Waals surface area contributed by atoms with Crippen LogP contribution in [-0.2, 0) is 6.54 Å². The van der Waals surface area contributed by atoms with Gasteiger partial charge in [0.05, 0.1) is 23.1 Å². The van der Waals surface area contributed by atoms with Crippen LogP contribution in [0.2, 0.25) is 0 Å². The third-order valence-corrected chi connectivity index (χ3v) is 5.60. The minimum Gasteiger partial charge on any atom is -0.377 e. The monoisotopic (exact) mass is 430 g/mol. The van der Waals surface area contributed by atoms with E-state index in [1.54, 1.807) is 0 Å². The van der Waals surface area contributed by atoms with Crippen molar-refractivity contribution in [3.63, 3.8) is 0 Å². The number of nitrogens with zero attached hydrogens (tertiary/aromatic N) is 3. The highest BCUT2D eigenvalue weighted by molar-refractivity contribution is 5.86. The van der Waals surface area contributed by atoms with Crippen molar-refractivity contribution in [2.24, 2.45) is 0 Å². The summed E-state index contributed by atoms with van der Waals surface area (Å²) in [7, 11) is 3.93. The highest BCUT2D eigenvalue weighted by Crippen LogP contribution is 2.33. The fourth-order valence-electron chi connectivity index (χ4n) is 4.13. The number of hydrogen-bond acceptors (Lipinski definition) is 3. The number of H-pyrrole nitrogens is 1. The fraction of sp³-hybridized carbons (Fsp3) is 0.120. The molecule has 1 N–H and O–H groups in total. The molecule has 0 amide bonds. The summed E-state index contributed by atoms with van der Waals surface area (Å²) in [5.41, 5.74) is 3.57. The van der Waals surface area contributed by atoms with Crippen molar-refractivity contribution in [2.45, 2.75) is 6.54 Å². The van der Waals surface area contributed by atoms with Crippen LogP contribution in [0.3, 0.4) is 0 Å². The molecule has 0 saturated heterocycles. The predicted octanol–water partition coefficient (Wildman–Crippen LogP) is 4.94. The number of aromatic nitrogens is 3. The van der Waals surface area contributed by atoms with Crippen molar-refractivity contribution >= 4 is 27.6 Å². The van der Waals surface area contributed by atoms with E-state index < -0.39 is 17.2 Å². The van der Waals surface area contributed by atoms with Crippen LogP contribution in [0.1, 0.15) is 5.56 Å². The molecule has 0 spiro atoms. The Morgan fingerprint density at radius 2 is 1.75 bits per heavy atom. The zero-order chi connectivity index (χ0) is 22.4. The summed E-state index contributed by atoms with van der Waals surface area (Å²) >= 11 is 0. The molecule has 32 heavy (non-hydrogen) atoms. The highest BCUT2D eigenvalue weighted by atomic mass is 19.2. The van der Waals surface area contributed by atoms with E-state index in [9.17, 15) is 13.6 Å². The van der Waals surface area contributed by atoms with Gasteiger partial charge in [0.15, 0.2) is 11.6 Å². The van der Waals surface area contributed by atoms with E-state index in [1.807, 2.05) is 72.1 Å². The van der Waals surface area contributed by atoms with Crippen molar-refractivity contribution in [3.05, 3.63) is 94.3 Å². The van der Waals surface area contributed by atoms with Crippen molar-refractivity contribution in [1.82, 2.24) is 14.5 Å². The number of pyridine rings is 1. The molecular weight excluding hydrogens is 410 g/mol. The summed E-state index contributed by atoms with van der Waals surface area (Å²) in [6, 6.07) is 19.7. The van der Waals surface area contributed by atoms with Gasteiger partial charge in [-0.25, -0.2) is 13.8 Å². The van der Waals surface area contributed by atoms with Crippen LogP contribution in [0.5, 0.6) is 0 Å². The van der Waals surface area contributed by atoms with E-state index in [0.29, 0.717) is 10.9 Å². The summed E-state index contributed by atoms with van der Waals surface area (Å²) in [4.78, 5) is 21.6. The molecule has 3 aromatic carbocycles. The van der Waals surface area contributed by atoms with E-state index in [-0.39, 0.29) is 12.1 Å². The zero-order valence-electron chi connectivity index (χ0n) is 17.6. The first-order valence-electron chi connectivity index (χ1n) is 10.2. The van der Waals surface area contributed by atoms with Crippen LogP contribution in [0.15, 0.2) is 71.5 Å². The molecule has 0 bridgehead atoms. The number of benzene rings is 3. The third kappa shape index (κ3) is 3.22. The molecule has 5 aromatic rings. The molecule has 5 nitrogen and oxygen atoms in total. The topological polar surface area (TPSA) is 53.9 Å². The number of halogens is 2. The lowest BCUT2D eigenvalue weighted by molar-refractivity contribution is 0.515. The van der Waals surface area contributed by atoms with Crippen LogP contribution in [0.4, 0.5) is 14.5 Å². The first-order chi connectivity index (χ1) is 15.4. The van der Waals surface area contributed by atoms with Gasteiger partial charge in [0.25, 0.3) is 0 Å². The maximum atomic E-state index is 14.4. The van der Waals surface area contributed by atoms with Gasteiger partial charge in [-0.3, -0.25) is 4.79 Å². The SMILES string of the molecule is CN(C)c1ccccc1-c1nc2ccccc2n1Cc1cc(=O)[nH]c2c(F)c(F)ccc12. The van der Waals surface area contributed by atoms with Gasteiger partial charge < -0.3 is 14.5 Å². The summed E-state index contributed by atoms with van der Waals surface area (Å²) in [5, 5.41) is 0.452. The summed E-state index contributed by atoms with van der Waals surface area (Å²) < 4.78 is 30.2. The molecule has 0 radical (unpaired) electrons. The summed E-state index contributed by atoms with van der Waals surface area (Å²) in [6.07, 6.45) is 0. The number of fused-ring (bicyclic) bond motifs is 2. The highest BCUT2D eigenvalue weighted by Gasteiger charge is 2.18. The van der Waals surface area contributed by atoms with Crippen molar-refractivity contribution in [3.8, 4) is 11.4 Å². The molecule has 0 aliphatic heterocycles. The Bertz CT molecular complexity index is 1530. The van der Waals surface area contributed by atoms with Crippen LogP contribution in [0.25, 0.3) is 33.3 Å². The van der Waals surface area contributed by atoms with Crippen molar-refractivity contribution in [2.75, 3.05) is 19.0 Å². The lowest BCUT2D eigenvalue weighted by Crippen LogP contribution is -2.13. The molecule has 0 unspecified atom stereocenters. The van der Waals surface area contributed by atoms with E-state index in [0.717, 1.165) is 34.2 Å². The molecule has 0 aliphatic carbocycles. The van der Waals surface area contributed by atoms with E-state index in [4.69, 9.17) is 4.98 Å². The van der Waals surface area contributed by atoms with Crippen LogP contribution in [0, 0.1) is 11.6 Å². The van der Waals surface area contributed by atoms with Gasteiger partial charge in [0.1, 0.15) is 5.82 Å². The molecular formula is C25H20F2N4O. The second-order valence-corrected chi connectivity index (χ2v) is 7.86. The smallest absolute Gasteiger partial charge is 0.248 e. The second-order valence-electron chi connectivity index (χ2n) is 7.86. The van der Waals surface area contributed by atoms with E-state index in [1.165, 1.54) is 12.1 Å². The van der Waals surface area contributed by atoms with E-state index in [2.05, 4.69) is 4.98 Å². The summed E-state index contributed by atoms with van der Waals surface area (Å²) in [5.74, 6) is -1.33. The maximum Gasteiger partial charge on any atom is 0.248 e.